The van der Waals surface area contributed by atoms with Gasteiger partial charge in [-0.2, -0.15) is 5.26 Å². The van der Waals surface area contributed by atoms with E-state index in [0.717, 1.165) is 37.9 Å². The first-order chi connectivity index (χ1) is 9.31. The van der Waals surface area contributed by atoms with Crippen LogP contribution in [0.5, 0.6) is 0 Å². The number of nitrogens with zero attached hydrogens (tertiary/aromatic N) is 2. The highest BCUT2D eigenvalue weighted by Gasteiger charge is 2.26. The zero-order valence-electron chi connectivity index (χ0n) is 11.3. The Hall–Kier alpha value is -1.37. The Morgan fingerprint density at radius 1 is 1.37 bits per heavy atom. The SMILES string of the molecule is N#CCCCN1CCCC1CC(O)c1ccccc1. The summed E-state index contributed by atoms with van der Waals surface area (Å²) in [4.78, 5) is 2.43. The number of rotatable bonds is 6. The van der Waals surface area contributed by atoms with Gasteiger partial charge in [0.2, 0.25) is 0 Å². The van der Waals surface area contributed by atoms with Crippen molar-refractivity contribution in [3.63, 3.8) is 0 Å². The van der Waals surface area contributed by atoms with E-state index in [1.165, 1.54) is 6.42 Å². The van der Waals surface area contributed by atoms with Gasteiger partial charge in [0.15, 0.2) is 0 Å². The van der Waals surface area contributed by atoms with E-state index in [0.29, 0.717) is 12.5 Å². The zero-order valence-corrected chi connectivity index (χ0v) is 11.3. The lowest BCUT2D eigenvalue weighted by molar-refractivity contribution is 0.120. The third-order valence-corrected chi connectivity index (χ3v) is 3.91. The first-order valence-electron chi connectivity index (χ1n) is 7.15. The molecule has 3 nitrogen and oxygen atoms in total. The normalized spacial score (nSPS) is 21.2. The van der Waals surface area contributed by atoms with E-state index >= 15 is 0 Å². The summed E-state index contributed by atoms with van der Waals surface area (Å²) in [6, 6.07) is 12.5. The Balaban J connectivity index is 1.85. The van der Waals surface area contributed by atoms with Crippen LogP contribution in [0.3, 0.4) is 0 Å². The molecule has 2 rings (SSSR count). The molecule has 0 bridgehead atoms. The summed E-state index contributed by atoms with van der Waals surface area (Å²) >= 11 is 0. The number of aliphatic hydroxyl groups is 1. The van der Waals surface area contributed by atoms with Crippen molar-refractivity contribution in [2.45, 2.75) is 44.2 Å². The quantitative estimate of drug-likeness (QED) is 0.798. The predicted molar refractivity (Wildman–Crippen MR) is 75.5 cm³/mol. The molecule has 0 amide bonds. The largest absolute Gasteiger partial charge is 0.388 e. The third kappa shape index (κ3) is 4.05. The van der Waals surface area contributed by atoms with Gasteiger partial charge in [-0.05, 0) is 44.3 Å². The minimum Gasteiger partial charge on any atom is -0.388 e. The van der Waals surface area contributed by atoms with Crippen molar-refractivity contribution in [2.75, 3.05) is 13.1 Å². The van der Waals surface area contributed by atoms with Crippen LogP contribution >= 0.6 is 0 Å². The van der Waals surface area contributed by atoms with Crippen molar-refractivity contribution in [3.05, 3.63) is 35.9 Å². The zero-order chi connectivity index (χ0) is 13.5. The van der Waals surface area contributed by atoms with E-state index in [-0.39, 0.29) is 6.10 Å². The second-order valence-electron chi connectivity index (χ2n) is 5.26. The van der Waals surface area contributed by atoms with Crippen molar-refractivity contribution >= 4 is 0 Å². The first kappa shape index (κ1) is 14.0. The van der Waals surface area contributed by atoms with E-state index in [4.69, 9.17) is 5.26 Å². The highest BCUT2D eigenvalue weighted by molar-refractivity contribution is 5.17. The van der Waals surface area contributed by atoms with Gasteiger partial charge in [0, 0.05) is 12.5 Å². The third-order valence-electron chi connectivity index (χ3n) is 3.91. The molecule has 0 aliphatic carbocycles. The molecule has 1 saturated heterocycles. The van der Waals surface area contributed by atoms with Crippen LogP contribution in [0.15, 0.2) is 30.3 Å². The molecule has 0 aromatic heterocycles. The highest BCUT2D eigenvalue weighted by atomic mass is 16.3. The van der Waals surface area contributed by atoms with Gasteiger partial charge in [-0.25, -0.2) is 0 Å². The molecule has 19 heavy (non-hydrogen) atoms. The molecule has 102 valence electrons. The van der Waals surface area contributed by atoms with Crippen LogP contribution in [-0.4, -0.2) is 29.1 Å². The fourth-order valence-corrected chi connectivity index (χ4v) is 2.89. The maximum atomic E-state index is 10.3. The molecule has 1 aromatic rings. The summed E-state index contributed by atoms with van der Waals surface area (Å²) in [5.74, 6) is 0. The van der Waals surface area contributed by atoms with Gasteiger partial charge in [-0.3, -0.25) is 0 Å². The Bertz CT molecular complexity index is 413. The molecule has 0 radical (unpaired) electrons. The van der Waals surface area contributed by atoms with Gasteiger partial charge < -0.3 is 10.0 Å². The minimum absolute atomic E-state index is 0.372. The van der Waals surface area contributed by atoms with E-state index in [9.17, 15) is 5.11 Å². The van der Waals surface area contributed by atoms with Crippen LogP contribution in [-0.2, 0) is 0 Å². The average molecular weight is 258 g/mol. The monoisotopic (exact) mass is 258 g/mol. The lowest BCUT2D eigenvalue weighted by Crippen LogP contribution is -2.31. The molecule has 1 aliphatic heterocycles. The molecule has 3 heteroatoms. The van der Waals surface area contributed by atoms with Gasteiger partial charge in [0.1, 0.15) is 0 Å². The van der Waals surface area contributed by atoms with Crippen molar-refractivity contribution in [3.8, 4) is 6.07 Å². The number of aliphatic hydroxyl groups excluding tert-OH is 1. The van der Waals surface area contributed by atoms with Crippen LogP contribution < -0.4 is 0 Å². The van der Waals surface area contributed by atoms with E-state index in [1.54, 1.807) is 0 Å². The predicted octanol–water partition coefficient (Wildman–Crippen LogP) is 2.88. The summed E-state index contributed by atoms with van der Waals surface area (Å²) in [5, 5.41) is 18.9. The summed E-state index contributed by atoms with van der Waals surface area (Å²) in [6.07, 6.45) is 4.37. The van der Waals surface area contributed by atoms with E-state index < -0.39 is 0 Å². The summed E-state index contributed by atoms with van der Waals surface area (Å²) < 4.78 is 0. The molecule has 0 spiro atoms. The number of unbranched alkanes of at least 4 members (excludes halogenated alkanes) is 1. The highest BCUT2D eigenvalue weighted by Crippen LogP contribution is 2.27. The van der Waals surface area contributed by atoms with Crippen molar-refractivity contribution in [2.24, 2.45) is 0 Å². The first-order valence-corrected chi connectivity index (χ1v) is 7.15. The Labute approximate surface area is 115 Å². The number of hydrogen-bond acceptors (Lipinski definition) is 3. The molecule has 1 aliphatic rings. The van der Waals surface area contributed by atoms with Crippen molar-refractivity contribution in [1.29, 1.82) is 5.26 Å². The van der Waals surface area contributed by atoms with E-state index in [1.807, 2.05) is 30.3 Å². The molecule has 0 saturated carbocycles. The van der Waals surface area contributed by atoms with E-state index in [2.05, 4.69) is 11.0 Å². The van der Waals surface area contributed by atoms with Gasteiger partial charge >= 0.3 is 0 Å². The molecule has 2 atom stereocenters. The van der Waals surface area contributed by atoms with Crippen molar-refractivity contribution in [1.82, 2.24) is 4.90 Å². The van der Waals surface area contributed by atoms with Crippen LogP contribution in [0, 0.1) is 11.3 Å². The van der Waals surface area contributed by atoms with Gasteiger partial charge in [0.05, 0.1) is 12.2 Å². The Morgan fingerprint density at radius 3 is 2.89 bits per heavy atom. The fraction of sp³-hybridized carbons (Fsp3) is 0.562. The lowest BCUT2D eigenvalue weighted by atomic mass is 10.0. The Morgan fingerprint density at radius 2 is 2.16 bits per heavy atom. The average Bonchev–Trinajstić information content (AvgIpc) is 2.87. The summed E-state index contributed by atoms with van der Waals surface area (Å²) in [6.45, 7) is 2.09. The Kier molecular flexibility index (Phi) is 5.38. The molecule has 1 heterocycles. The standard InChI is InChI=1S/C16H22N2O/c17-10-4-5-11-18-12-6-9-15(18)13-16(19)14-7-2-1-3-8-14/h1-3,7-8,15-16,19H,4-6,9,11-13H2. The minimum atomic E-state index is -0.372. The number of nitriles is 1. The molecule has 1 N–H and O–H groups in total. The lowest BCUT2D eigenvalue weighted by Gasteiger charge is -2.26. The topological polar surface area (TPSA) is 47.3 Å². The number of likely N-dealkylation sites (tertiary alicyclic amines) is 1. The van der Waals surface area contributed by atoms with Crippen molar-refractivity contribution < 1.29 is 5.11 Å². The molecule has 1 fully saturated rings. The van der Waals surface area contributed by atoms with Crippen LogP contribution in [0.4, 0.5) is 0 Å². The maximum absolute atomic E-state index is 10.3. The van der Waals surface area contributed by atoms with Gasteiger partial charge in [-0.15, -0.1) is 0 Å². The molecular weight excluding hydrogens is 236 g/mol. The maximum Gasteiger partial charge on any atom is 0.0805 e. The van der Waals surface area contributed by atoms with Gasteiger partial charge in [-0.1, -0.05) is 30.3 Å². The smallest absolute Gasteiger partial charge is 0.0805 e. The molecule has 2 unspecified atom stereocenters. The van der Waals surface area contributed by atoms with Crippen LogP contribution in [0.2, 0.25) is 0 Å². The van der Waals surface area contributed by atoms with Gasteiger partial charge in [0.25, 0.3) is 0 Å². The second kappa shape index (κ2) is 7.28. The number of hydrogen-bond donors (Lipinski definition) is 1. The number of benzene rings is 1. The van der Waals surface area contributed by atoms with Crippen LogP contribution in [0.1, 0.15) is 43.8 Å². The second-order valence-corrected chi connectivity index (χ2v) is 5.26. The van der Waals surface area contributed by atoms with Crippen LogP contribution in [0.25, 0.3) is 0 Å². The summed E-state index contributed by atoms with van der Waals surface area (Å²) in [7, 11) is 0. The molecule has 1 aromatic carbocycles. The summed E-state index contributed by atoms with van der Waals surface area (Å²) in [5.41, 5.74) is 1.01. The molecular formula is C16H22N2O. The fourth-order valence-electron chi connectivity index (χ4n) is 2.89.